The van der Waals surface area contributed by atoms with E-state index in [0.717, 1.165) is 36.5 Å². The van der Waals surface area contributed by atoms with Gasteiger partial charge in [0, 0.05) is 25.6 Å². The summed E-state index contributed by atoms with van der Waals surface area (Å²) in [6.07, 6.45) is 6.35. The molecule has 0 heterocycles. The maximum atomic E-state index is 13.7. The summed E-state index contributed by atoms with van der Waals surface area (Å²) in [5.74, 6) is -1.68. The lowest BCUT2D eigenvalue weighted by Crippen LogP contribution is -2.48. The van der Waals surface area contributed by atoms with Gasteiger partial charge in [-0.25, -0.2) is 8.78 Å². The second-order valence-corrected chi connectivity index (χ2v) is 9.41. The lowest BCUT2D eigenvalue weighted by atomic mass is 9.86. The molecular formula is C30H32F2N2O2. The van der Waals surface area contributed by atoms with E-state index in [1.165, 1.54) is 30.2 Å². The van der Waals surface area contributed by atoms with Gasteiger partial charge >= 0.3 is 0 Å². The number of fused-ring (bicyclic) bond motifs is 1. The Bertz CT molecular complexity index is 1190. The molecule has 4 rings (SSSR count). The van der Waals surface area contributed by atoms with Gasteiger partial charge in [-0.05, 0) is 71.7 Å². The quantitative estimate of drug-likeness (QED) is 0.361. The van der Waals surface area contributed by atoms with Crippen LogP contribution in [0.2, 0.25) is 0 Å². The third-order valence-electron chi connectivity index (χ3n) is 6.56. The van der Waals surface area contributed by atoms with Crippen LogP contribution in [0.4, 0.5) is 8.78 Å². The van der Waals surface area contributed by atoms with Crippen LogP contribution >= 0.6 is 0 Å². The smallest absolute Gasteiger partial charge is 0.217 e. The molecule has 0 saturated heterocycles. The van der Waals surface area contributed by atoms with Crippen molar-refractivity contribution in [2.45, 2.75) is 50.8 Å². The van der Waals surface area contributed by atoms with Crippen molar-refractivity contribution in [2.24, 2.45) is 0 Å². The molecule has 0 aromatic heterocycles. The molecule has 0 saturated carbocycles. The van der Waals surface area contributed by atoms with Crippen LogP contribution in [0, 0.1) is 11.6 Å². The van der Waals surface area contributed by atoms with E-state index < -0.39 is 23.8 Å². The highest BCUT2D eigenvalue weighted by Gasteiger charge is 2.25. The lowest BCUT2D eigenvalue weighted by molar-refractivity contribution is -0.120. The van der Waals surface area contributed by atoms with E-state index in [0.29, 0.717) is 5.56 Å². The van der Waals surface area contributed by atoms with Gasteiger partial charge in [-0.3, -0.25) is 4.79 Å². The van der Waals surface area contributed by atoms with Gasteiger partial charge in [0.15, 0.2) is 0 Å². The van der Waals surface area contributed by atoms with E-state index in [1.807, 2.05) is 18.2 Å². The number of rotatable bonds is 9. The Hall–Kier alpha value is -3.35. The molecule has 3 atom stereocenters. The minimum atomic E-state index is -0.938. The van der Waals surface area contributed by atoms with Gasteiger partial charge in [0.05, 0.1) is 12.1 Å². The van der Waals surface area contributed by atoms with Crippen molar-refractivity contribution in [3.8, 4) is 0 Å². The Morgan fingerprint density at radius 2 is 1.75 bits per heavy atom. The summed E-state index contributed by atoms with van der Waals surface area (Å²) in [6, 6.07) is 19.3. The van der Waals surface area contributed by atoms with Crippen molar-refractivity contribution in [1.82, 2.24) is 10.6 Å². The Labute approximate surface area is 211 Å². The zero-order valence-corrected chi connectivity index (χ0v) is 20.4. The molecule has 1 aliphatic carbocycles. The van der Waals surface area contributed by atoms with Gasteiger partial charge in [0.25, 0.3) is 0 Å². The standard InChI is InChI=1S/C30H32F2N2O2/c1-20(35)34-29(17-23-14-25(31)18-26(32)15-23)30(36)19-33-28-9-5-8-24-13-12-22(16-27(24)28)11-10-21-6-3-2-4-7-21/h2-4,6-7,10-16,18,28-30,33,36H,5,8-9,17,19H2,1H3,(H,34,35)/b11-10+. The summed E-state index contributed by atoms with van der Waals surface area (Å²) in [7, 11) is 0. The summed E-state index contributed by atoms with van der Waals surface area (Å²) in [5, 5.41) is 17.1. The highest BCUT2D eigenvalue weighted by molar-refractivity contribution is 5.73. The van der Waals surface area contributed by atoms with Crippen molar-refractivity contribution < 1.29 is 18.7 Å². The summed E-state index contributed by atoms with van der Waals surface area (Å²) in [6.45, 7) is 1.60. The van der Waals surface area contributed by atoms with Gasteiger partial charge in [0.2, 0.25) is 5.91 Å². The number of hydrogen-bond donors (Lipinski definition) is 3. The number of halogens is 2. The van der Waals surface area contributed by atoms with Gasteiger partial charge < -0.3 is 15.7 Å². The van der Waals surface area contributed by atoms with Crippen molar-refractivity contribution in [1.29, 1.82) is 0 Å². The van der Waals surface area contributed by atoms with Gasteiger partial charge in [0.1, 0.15) is 11.6 Å². The highest BCUT2D eigenvalue weighted by atomic mass is 19.1. The van der Waals surface area contributed by atoms with Crippen molar-refractivity contribution in [3.05, 3.63) is 106 Å². The molecule has 0 fully saturated rings. The average molecular weight is 491 g/mol. The normalized spacial score (nSPS) is 16.9. The fourth-order valence-corrected chi connectivity index (χ4v) is 4.82. The SMILES string of the molecule is CC(=O)NC(Cc1cc(F)cc(F)c1)C(O)CNC1CCCc2ccc(/C=C/c3ccccc3)cc21. The number of nitrogens with one attached hydrogen (secondary N) is 2. The predicted molar refractivity (Wildman–Crippen MR) is 139 cm³/mol. The number of carbonyl (C=O) groups excluding carboxylic acids is 1. The third-order valence-corrected chi connectivity index (χ3v) is 6.56. The zero-order valence-electron chi connectivity index (χ0n) is 20.4. The molecule has 1 aliphatic rings. The van der Waals surface area contributed by atoms with Crippen molar-refractivity contribution in [3.63, 3.8) is 0 Å². The van der Waals surface area contributed by atoms with Crippen molar-refractivity contribution >= 4 is 18.1 Å². The topological polar surface area (TPSA) is 61.4 Å². The molecule has 3 aromatic carbocycles. The Morgan fingerprint density at radius 1 is 1.03 bits per heavy atom. The number of benzene rings is 3. The molecule has 4 nitrogen and oxygen atoms in total. The molecule has 188 valence electrons. The molecule has 3 N–H and O–H groups in total. The molecule has 3 aromatic rings. The Kier molecular flexibility index (Phi) is 8.62. The van der Waals surface area contributed by atoms with E-state index >= 15 is 0 Å². The summed E-state index contributed by atoms with van der Waals surface area (Å²) in [4.78, 5) is 11.8. The number of amides is 1. The molecule has 1 amide bonds. The zero-order chi connectivity index (χ0) is 25.5. The molecule has 6 heteroatoms. The van der Waals surface area contributed by atoms with Crippen LogP contribution in [-0.2, 0) is 17.6 Å². The molecule has 0 spiro atoms. The van der Waals surface area contributed by atoms with E-state index in [4.69, 9.17) is 0 Å². The van der Waals surface area contributed by atoms with Crippen LogP contribution < -0.4 is 10.6 Å². The van der Waals surface area contributed by atoms with Crippen LogP contribution in [0.3, 0.4) is 0 Å². The highest BCUT2D eigenvalue weighted by Crippen LogP contribution is 2.31. The van der Waals surface area contributed by atoms with E-state index in [1.54, 1.807) is 0 Å². The summed E-state index contributed by atoms with van der Waals surface area (Å²) in [5.41, 5.74) is 5.13. The van der Waals surface area contributed by atoms with Crippen LogP contribution in [0.25, 0.3) is 12.2 Å². The van der Waals surface area contributed by atoms with Crippen molar-refractivity contribution in [2.75, 3.05) is 6.54 Å². The maximum absolute atomic E-state index is 13.7. The molecular weight excluding hydrogens is 458 g/mol. The predicted octanol–water partition coefficient (Wildman–Crippen LogP) is 5.21. The van der Waals surface area contributed by atoms with E-state index in [2.05, 4.69) is 53.1 Å². The fraction of sp³-hybridized carbons (Fsp3) is 0.300. The first-order valence-electron chi connectivity index (χ1n) is 12.4. The minimum absolute atomic E-state index is 0.0677. The summed E-state index contributed by atoms with van der Waals surface area (Å²) >= 11 is 0. The van der Waals surface area contributed by atoms with Gasteiger partial charge in [-0.1, -0.05) is 54.6 Å². The second kappa shape index (κ2) is 12.1. The number of aliphatic hydroxyl groups excluding tert-OH is 1. The number of hydrogen-bond acceptors (Lipinski definition) is 3. The van der Waals surface area contributed by atoms with Gasteiger partial charge in [-0.2, -0.15) is 0 Å². The van der Waals surface area contributed by atoms with Crippen LogP contribution in [0.1, 0.15) is 53.6 Å². The second-order valence-electron chi connectivity index (χ2n) is 9.41. The molecule has 36 heavy (non-hydrogen) atoms. The summed E-state index contributed by atoms with van der Waals surface area (Å²) < 4.78 is 27.3. The first-order chi connectivity index (χ1) is 17.4. The third kappa shape index (κ3) is 7.09. The minimum Gasteiger partial charge on any atom is -0.390 e. The largest absolute Gasteiger partial charge is 0.390 e. The first kappa shape index (κ1) is 25.7. The number of aliphatic hydroxyl groups is 1. The molecule has 3 unspecified atom stereocenters. The molecule has 0 bridgehead atoms. The van der Waals surface area contributed by atoms with E-state index in [-0.39, 0.29) is 24.9 Å². The monoisotopic (exact) mass is 490 g/mol. The van der Waals surface area contributed by atoms with Crippen LogP contribution in [0.5, 0.6) is 0 Å². The van der Waals surface area contributed by atoms with E-state index in [9.17, 15) is 18.7 Å². The maximum Gasteiger partial charge on any atom is 0.217 e. The first-order valence-corrected chi connectivity index (χ1v) is 12.4. The molecule has 0 radical (unpaired) electrons. The lowest BCUT2D eigenvalue weighted by Gasteiger charge is -2.30. The Morgan fingerprint density at radius 3 is 2.47 bits per heavy atom. The number of carbonyl (C=O) groups is 1. The van der Waals surface area contributed by atoms with Gasteiger partial charge in [-0.15, -0.1) is 0 Å². The Balaban J connectivity index is 1.45. The van der Waals surface area contributed by atoms with Crippen LogP contribution in [-0.4, -0.2) is 29.7 Å². The number of aryl methyl sites for hydroxylation is 1. The van der Waals surface area contributed by atoms with Crippen LogP contribution in [0.15, 0.2) is 66.7 Å². The fourth-order valence-electron chi connectivity index (χ4n) is 4.82. The average Bonchev–Trinajstić information content (AvgIpc) is 2.85. The molecule has 0 aliphatic heterocycles.